The van der Waals surface area contributed by atoms with E-state index >= 15 is 0 Å². The molecule has 0 bridgehead atoms. The van der Waals surface area contributed by atoms with Crippen molar-refractivity contribution in [2.45, 2.75) is 13.5 Å². The summed E-state index contributed by atoms with van der Waals surface area (Å²) in [6.07, 6.45) is 3.47. The molecule has 0 atom stereocenters. The second-order valence-electron chi connectivity index (χ2n) is 4.67. The fraction of sp³-hybridized carbons (Fsp3) is 0.200. The van der Waals surface area contributed by atoms with E-state index in [4.69, 9.17) is 0 Å². The number of benzene rings is 1. The molecule has 3 aromatic rings. The molecule has 0 unspecified atom stereocenters. The molecule has 2 heterocycles. The first-order valence-electron chi connectivity index (χ1n) is 6.53. The van der Waals surface area contributed by atoms with Crippen LogP contribution in [0.2, 0.25) is 0 Å². The maximum absolute atomic E-state index is 9.25. The highest BCUT2D eigenvalue weighted by Crippen LogP contribution is 2.23. The monoisotopic (exact) mass is 268 g/mol. The Hall–Kier alpha value is -2.40. The summed E-state index contributed by atoms with van der Waals surface area (Å²) in [6.45, 7) is 2.61. The third-order valence-corrected chi connectivity index (χ3v) is 3.15. The largest absolute Gasteiger partial charge is 0.395 e. The molecule has 2 N–H and O–H groups in total. The number of fused-ring (bicyclic) bond motifs is 1. The Kier molecular flexibility index (Phi) is 3.35. The van der Waals surface area contributed by atoms with Gasteiger partial charge in [0.15, 0.2) is 0 Å². The van der Waals surface area contributed by atoms with Crippen molar-refractivity contribution in [3.8, 4) is 0 Å². The number of aryl methyl sites for hydroxylation is 1. The van der Waals surface area contributed by atoms with Gasteiger partial charge in [-0.1, -0.05) is 6.07 Å². The Morgan fingerprint density at radius 2 is 2.20 bits per heavy atom. The van der Waals surface area contributed by atoms with Crippen molar-refractivity contribution in [1.29, 1.82) is 0 Å². The number of nitrogens with one attached hydrogen (secondary N) is 1. The van der Waals surface area contributed by atoms with Crippen LogP contribution in [0.1, 0.15) is 5.56 Å². The van der Waals surface area contributed by atoms with E-state index in [9.17, 15) is 5.11 Å². The zero-order valence-corrected chi connectivity index (χ0v) is 11.2. The lowest BCUT2D eigenvalue weighted by molar-refractivity contribution is 0.278. The molecule has 102 valence electrons. The number of hydrogen-bond donors (Lipinski definition) is 2. The van der Waals surface area contributed by atoms with E-state index in [-0.39, 0.29) is 6.61 Å². The van der Waals surface area contributed by atoms with E-state index in [2.05, 4.69) is 15.3 Å². The Balaban J connectivity index is 2.06. The second-order valence-corrected chi connectivity index (χ2v) is 4.67. The predicted molar refractivity (Wildman–Crippen MR) is 79.1 cm³/mol. The fourth-order valence-corrected chi connectivity index (χ4v) is 2.23. The SMILES string of the molecule is Cc1ccc2c(c1)nc(Nc1cccnc1)n2CCO. The van der Waals surface area contributed by atoms with Crippen molar-refractivity contribution in [3.63, 3.8) is 0 Å². The molecule has 20 heavy (non-hydrogen) atoms. The standard InChI is InChI=1S/C15H16N4O/c1-11-4-5-14-13(9-11)18-15(19(14)7-8-20)17-12-3-2-6-16-10-12/h2-6,9-10,20H,7-8H2,1H3,(H,17,18). The van der Waals surface area contributed by atoms with Gasteiger partial charge in [-0.2, -0.15) is 0 Å². The highest BCUT2D eigenvalue weighted by atomic mass is 16.3. The van der Waals surface area contributed by atoms with Crippen molar-refractivity contribution >= 4 is 22.7 Å². The van der Waals surface area contributed by atoms with E-state index in [1.54, 1.807) is 12.4 Å². The molecule has 3 rings (SSSR count). The highest BCUT2D eigenvalue weighted by Gasteiger charge is 2.10. The van der Waals surface area contributed by atoms with Crippen LogP contribution in [0.4, 0.5) is 11.6 Å². The number of anilines is 2. The van der Waals surface area contributed by atoms with Gasteiger partial charge in [-0.3, -0.25) is 4.98 Å². The Morgan fingerprint density at radius 1 is 1.30 bits per heavy atom. The van der Waals surface area contributed by atoms with Crippen LogP contribution in [0.5, 0.6) is 0 Å². The molecule has 0 aliphatic rings. The van der Waals surface area contributed by atoms with Gasteiger partial charge in [0.05, 0.1) is 29.5 Å². The van der Waals surface area contributed by atoms with Gasteiger partial charge in [0.1, 0.15) is 0 Å². The summed E-state index contributed by atoms with van der Waals surface area (Å²) in [5.41, 5.74) is 3.97. The molecule has 1 aromatic carbocycles. The predicted octanol–water partition coefficient (Wildman–Crippen LogP) is 2.48. The van der Waals surface area contributed by atoms with E-state index in [1.807, 2.05) is 41.8 Å². The number of pyridine rings is 1. The minimum atomic E-state index is 0.0705. The van der Waals surface area contributed by atoms with Crippen LogP contribution in [0.3, 0.4) is 0 Å². The number of aromatic nitrogens is 3. The van der Waals surface area contributed by atoms with Crippen LogP contribution in [-0.2, 0) is 6.54 Å². The van der Waals surface area contributed by atoms with Crippen molar-refractivity contribution in [2.75, 3.05) is 11.9 Å². The first-order chi connectivity index (χ1) is 9.78. The smallest absolute Gasteiger partial charge is 0.208 e. The van der Waals surface area contributed by atoms with Gasteiger partial charge in [0, 0.05) is 12.7 Å². The molecule has 0 radical (unpaired) electrons. The average molecular weight is 268 g/mol. The quantitative estimate of drug-likeness (QED) is 0.763. The molecule has 2 aromatic heterocycles. The van der Waals surface area contributed by atoms with E-state index < -0.39 is 0 Å². The highest BCUT2D eigenvalue weighted by molar-refractivity contribution is 5.80. The maximum atomic E-state index is 9.25. The summed E-state index contributed by atoms with van der Waals surface area (Å²) >= 11 is 0. The van der Waals surface area contributed by atoms with Crippen LogP contribution in [0, 0.1) is 6.92 Å². The molecular weight excluding hydrogens is 252 g/mol. The van der Waals surface area contributed by atoms with Crippen molar-refractivity contribution < 1.29 is 5.11 Å². The minimum absolute atomic E-state index is 0.0705. The molecule has 0 aliphatic carbocycles. The lowest BCUT2D eigenvalue weighted by Crippen LogP contribution is -2.06. The van der Waals surface area contributed by atoms with E-state index in [0.717, 1.165) is 16.7 Å². The first-order valence-corrected chi connectivity index (χ1v) is 6.53. The Labute approximate surface area is 116 Å². The van der Waals surface area contributed by atoms with Crippen LogP contribution < -0.4 is 5.32 Å². The molecule has 0 spiro atoms. The molecular formula is C15H16N4O. The minimum Gasteiger partial charge on any atom is -0.395 e. The Morgan fingerprint density at radius 3 is 2.95 bits per heavy atom. The van der Waals surface area contributed by atoms with Gasteiger partial charge in [-0.25, -0.2) is 4.98 Å². The van der Waals surface area contributed by atoms with Gasteiger partial charge in [-0.05, 0) is 36.8 Å². The van der Waals surface area contributed by atoms with Crippen LogP contribution in [-0.4, -0.2) is 26.2 Å². The summed E-state index contributed by atoms with van der Waals surface area (Å²) in [5, 5.41) is 12.5. The lowest BCUT2D eigenvalue weighted by atomic mass is 10.2. The van der Waals surface area contributed by atoms with Gasteiger partial charge in [-0.15, -0.1) is 0 Å². The fourth-order valence-electron chi connectivity index (χ4n) is 2.23. The van der Waals surface area contributed by atoms with Gasteiger partial charge < -0.3 is 15.0 Å². The van der Waals surface area contributed by atoms with Crippen LogP contribution in [0.15, 0.2) is 42.7 Å². The number of aliphatic hydroxyl groups excluding tert-OH is 1. The molecule has 5 nitrogen and oxygen atoms in total. The third-order valence-electron chi connectivity index (χ3n) is 3.15. The summed E-state index contributed by atoms with van der Waals surface area (Å²) in [7, 11) is 0. The van der Waals surface area contributed by atoms with Crippen molar-refractivity contribution in [1.82, 2.24) is 14.5 Å². The van der Waals surface area contributed by atoms with Crippen LogP contribution >= 0.6 is 0 Å². The van der Waals surface area contributed by atoms with Gasteiger partial charge >= 0.3 is 0 Å². The molecule has 0 aliphatic heterocycles. The van der Waals surface area contributed by atoms with Crippen LogP contribution in [0.25, 0.3) is 11.0 Å². The van der Waals surface area contributed by atoms with Gasteiger partial charge in [0.2, 0.25) is 5.95 Å². The summed E-state index contributed by atoms with van der Waals surface area (Å²) in [5.74, 6) is 0.715. The number of imidazole rings is 1. The zero-order chi connectivity index (χ0) is 13.9. The number of hydrogen-bond acceptors (Lipinski definition) is 4. The molecule has 0 saturated carbocycles. The molecule has 0 amide bonds. The zero-order valence-electron chi connectivity index (χ0n) is 11.2. The van der Waals surface area contributed by atoms with Crippen molar-refractivity contribution in [2.24, 2.45) is 0 Å². The number of rotatable bonds is 4. The molecule has 0 saturated heterocycles. The summed E-state index contributed by atoms with van der Waals surface area (Å²) in [6, 6.07) is 9.91. The average Bonchev–Trinajstić information content (AvgIpc) is 2.77. The topological polar surface area (TPSA) is 63.0 Å². The molecule has 0 fully saturated rings. The number of aliphatic hydroxyl groups is 1. The lowest BCUT2D eigenvalue weighted by Gasteiger charge is -2.09. The summed E-state index contributed by atoms with van der Waals surface area (Å²) in [4.78, 5) is 8.68. The number of nitrogens with zero attached hydrogens (tertiary/aromatic N) is 3. The second kappa shape index (κ2) is 5.30. The summed E-state index contributed by atoms with van der Waals surface area (Å²) < 4.78 is 1.97. The van der Waals surface area contributed by atoms with Crippen molar-refractivity contribution in [3.05, 3.63) is 48.3 Å². The third kappa shape index (κ3) is 2.35. The Bertz CT molecular complexity index is 721. The maximum Gasteiger partial charge on any atom is 0.208 e. The normalized spacial score (nSPS) is 10.9. The first kappa shape index (κ1) is 12.6. The van der Waals surface area contributed by atoms with Gasteiger partial charge in [0.25, 0.3) is 0 Å². The van der Waals surface area contributed by atoms with E-state index in [1.165, 1.54) is 5.56 Å². The van der Waals surface area contributed by atoms with E-state index in [0.29, 0.717) is 12.5 Å². The molecule has 5 heteroatoms.